The van der Waals surface area contributed by atoms with Gasteiger partial charge in [-0.3, -0.25) is 4.79 Å². The Kier molecular flexibility index (Phi) is 3.94. The molecule has 0 spiro atoms. The van der Waals surface area contributed by atoms with Gasteiger partial charge in [0.25, 0.3) is 5.91 Å². The van der Waals surface area contributed by atoms with Gasteiger partial charge in [0, 0.05) is 5.69 Å². The number of halogens is 3. The van der Waals surface area contributed by atoms with Crippen LogP contribution in [0.25, 0.3) is 0 Å². The summed E-state index contributed by atoms with van der Waals surface area (Å²) in [5.41, 5.74) is 0.987. The minimum atomic E-state index is -4.97. The number of carbonyl (C=O) groups is 2. The molecule has 0 radical (unpaired) electrons. The first kappa shape index (κ1) is 15.8. The molecular formula is C11H11F3N2O4. The number of phenols is 1. The van der Waals surface area contributed by atoms with Gasteiger partial charge < -0.3 is 21.3 Å². The van der Waals surface area contributed by atoms with Gasteiger partial charge in [-0.05, 0) is 25.1 Å². The summed E-state index contributed by atoms with van der Waals surface area (Å²) in [6.45, 7) is 0.487. The minimum absolute atomic E-state index is 0.230. The third-order valence-electron chi connectivity index (χ3n) is 2.55. The van der Waals surface area contributed by atoms with E-state index >= 15 is 0 Å². The molecule has 0 aliphatic rings. The van der Waals surface area contributed by atoms with E-state index < -0.39 is 34.9 Å². The van der Waals surface area contributed by atoms with Crippen LogP contribution in [0, 0.1) is 0 Å². The number of alkyl halides is 3. The van der Waals surface area contributed by atoms with Crippen molar-refractivity contribution in [1.29, 1.82) is 0 Å². The third kappa shape index (κ3) is 2.99. The van der Waals surface area contributed by atoms with E-state index in [9.17, 15) is 27.9 Å². The molecule has 0 aliphatic heterocycles. The number of benzene rings is 1. The highest BCUT2D eigenvalue weighted by molar-refractivity contribution is 6.00. The van der Waals surface area contributed by atoms with Gasteiger partial charge in [0.05, 0.1) is 0 Å². The fourth-order valence-electron chi connectivity index (χ4n) is 1.17. The highest BCUT2D eigenvalue weighted by atomic mass is 19.4. The number of rotatable bonds is 3. The van der Waals surface area contributed by atoms with Crippen molar-refractivity contribution in [3.05, 3.63) is 23.8 Å². The molecule has 0 fully saturated rings. The summed E-state index contributed by atoms with van der Waals surface area (Å²) in [7, 11) is 0. The second kappa shape index (κ2) is 5.00. The first-order chi connectivity index (χ1) is 8.96. The Balaban J connectivity index is 3.03. The molecule has 1 atom stereocenters. The van der Waals surface area contributed by atoms with Crippen molar-refractivity contribution < 1.29 is 33.0 Å². The Bertz CT molecular complexity index is 555. The predicted octanol–water partition coefficient (Wildman–Crippen LogP) is 1.31. The Labute approximate surface area is 111 Å². The maximum Gasteiger partial charge on any atom is 0.415 e. The molecule has 0 saturated carbocycles. The smallest absolute Gasteiger partial charge is 0.415 e. The fraction of sp³-hybridized carbons (Fsp3) is 0.273. The van der Waals surface area contributed by atoms with E-state index in [4.69, 9.17) is 10.8 Å². The molecule has 0 aliphatic carbocycles. The molecule has 110 valence electrons. The molecule has 1 aromatic rings. The number of aromatic carboxylic acids is 1. The molecule has 1 unspecified atom stereocenters. The number of hydrogen-bond acceptors (Lipinski definition) is 4. The number of hydrogen-bond donors (Lipinski definition) is 4. The Morgan fingerprint density at radius 3 is 2.30 bits per heavy atom. The van der Waals surface area contributed by atoms with Gasteiger partial charge >= 0.3 is 12.1 Å². The lowest BCUT2D eigenvalue weighted by atomic mass is 10.0. The van der Waals surface area contributed by atoms with E-state index in [-0.39, 0.29) is 5.69 Å². The number of amides is 1. The molecule has 0 bridgehead atoms. The van der Waals surface area contributed by atoms with Crippen molar-refractivity contribution in [2.45, 2.75) is 18.6 Å². The summed E-state index contributed by atoms with van der Waals surface area (Å²) in [6, 6.07) is 2.80. The lowest BCUT2D eigenvalue weighted by molar-refractivity contribution is -0.184. The first-order valence-corrected chi connectivity index (χ1v) is 5.20. The molecule has 5 N–H and O–H groups in total. The second-order valence-electron chi connectivity index (χ2n) is 4.19. The zero-order chi connectivity index (χ0) is 15.7. The Morgan fingerprint density at radius 1 is 1.30 bits per heavy atom. The number of aromatic hydroxyl groups is 1. The van der Waals surface area contributed by atoms with Crippen LogP contribution >= 0.6 is 0 Å². The van der Waals surface area contributed by atoms with Crippen LogP contribution in [0.1, 0.15) is 17.3 Å². The second-order valence-corrected chi connectivity index (χ2v) is 4.19. The van der Waals surface area contributed by atoms with Gasteiger partial charge in [-0.2, -0.15) is 13.2 Å². The monoisotopic (exact) mass is 292 g/mol. The molecule has 20 heavy (non-hydrogen) atoms. The summed E-state index contributed by atoms with van der Waals surface area (Å²) in [6.07, 6.45) is -4.97. The summed E-state index contributed by atoms with van der Waals surface area (Å²) < 4.78 is 37.6. The average Bonchev–Trinajstić information content (AvgIpc) is 2.29. The molecule has 1 aromatic carbocycles. The Hall–Kier alpha value is -2.29. The normalized spacial score (nSPS) is 14.4. The average molecular weight is 292 g/mol. The van der Waals surface area contributed by atoms with Gasteiger partial charge in [0.1, 0.15) is 11.3 Å². The standard InChI is InChI=1S/C11H11F3N2O4/c1-10(15,11(12,13)14)9(20)16-5-2-3-7(17)6(4-5)8(18)19/h2-4,17H,15H2,1H3,(H,16,20)(H,18,19). The third-order valence-corrected chi connectivity index (χ3v) is 2.55. The van der Waals surface area contributed by atoms with Crippen LogP contribution in [-0.2, 0) is 4.79 Å². The molecule has 1 amide bonds. The highest BCUT2D eigenvalue weighted by Crippen LogP contribution is 2.29. The van der Waals surface area contributed by atoms with E-state index in [2.05, 4.69) is 0 Å². The highest BCUT2D eigenvalue weighted by Gasteiger charge is 2.53. The summed E-state index contributed by atoms with van der Waals surface area (Å²) in [5, 5.41) is 19.8. The molecule has 0 aromatic heterocycles. The van der Waals surface area contributed by atoms with Gasteiger partial charge in [-0.25, -0.2) is 4.79 Å². The topological polar surface area (TPSA) is 113 Å². The molecule has 6 nitrogen and oxygen atoms in total. The van der Waals surface area contributed by atoms with Crippen molar-refractivity contribution in [2.75, 3.05) is 5.32 Å². The van der Waals surface area contributed by atoms with Crippen LogP contribution in [0.15, 0.2) is 18.2 Å². The number of nitrogens with one attached hydrogen (secondary N) is 1. The van der Waals surface area contributed by atoms with Crippen LogP contribution in [0.5, 0.6) is 5.75 Å². The molecule has 9 heteroatoms. The van der Waals surface area contributed by atoms with Crippen LogP contribution in [0.2, 0.25) is 0 Å². The molecule has 0 heterocycles. The van der Waals surface area contributed by atoms with E-state index in [1.165, 1.54) is 0 Å². The SMILES string of the molecule is CC(N)(C(=O)Nc1ccc(O)c(C(=O)O)c1)C(F)(F)F. The molecular weight excluding hydrogens is 281 g/mol. The van der Waals surface area contributed by atoms with Gasteiger partial charge in [0.15, 0.2) is 5.54 Å². The van der Waals surface area contributed by atoms with E-state index in [1.807, 2.05) is 5.32 Å². The lowest BCUT2D eigenvalue weighted by Crippen LogP contribution is -2.59. The number of anilines is 1. The Morgan fingerprint density at radius 2 is 1.85 bits per heavy atom. The van der Waals surface area contributed by atoms with E-state index in [0.29, 0.717) is 6.92 Å². The summed E-state index contributed by atoms with van der Waals surface area (Å²) in [4.78, 5) is 22.2. The zero-order valence-electron chi connectivity index (χ0n) is 10.2. The molecule has 0 saturated heterocycles. The minimum Gasteiger partial charge on any atom is -0.507 e. The number of carboxylic acid groups (broad SMARTS) is 1. The van der Waals surface area contributed by atoms with Crippen LogP contribution < -0.4 is 11.1 Å². The van der Waals surface area contributed by atoms with Crippen LogP contribution in [0.3, 0.4) is 0 Å². The largest absolute Gasteiger partial charge is 0.507 e. The predicted molar refractivity (Wildman–Crippen MR) is 62.3 cm³/mol. The van der Waals surface area contributed by atoms with Gasteiger partial charge in [-0.15, -0.1) is 0 Å². The maximum absolute atomic E-state index is 12.5. The van der Waals surface area contributed by atoms with Gasteiger partial charge in [0.2, 0.25) is 0 Å². The van der Waals surface area contributed by atoms with Crippen LogP contribution in [-0.4, -0.2) is 33.8 Å². The quantitative estimate of drug-likeness (QED) is 0.627. The maximum atomic E-state index is 12.5. The summed E-state index contributed by atoms with van der Waals surface area (Å²) in [5.74, 6) is -3.63. The number of carbonyl (C=O) groups excluding carboxylic acids is 1. The first-order valence-electron chi connectivity index (χ1n) is 5.20. The van der Waals surface area contributed by atoms with Crippen molar-refractivity contribution in [3.63, 3.8) is 0 Å². The van der Waals surface area contributed by atoms with E-state index in [0.717, 1.165) is 18.2 Å². The van der Waals surface area contributed by atoms with Crippen molar-refractivity contribution in [3.8, 4) is 5.75 Å². The van der Waals surface area contributed by atoms with Crippen LogP contribution in [0.4, 0.5) is 18.9 Å². The van der Waals surface area contributed by atoms with Crippen molar-refractivity contribution in [2.24, 2.45) is 5.73 Å². The van der Waals surface area contributed by atoms with Crippen molar-refractivity contribution >= 4 is 17.6 Å². The number of nitrogens with two attached hydrogens (primary N) is 1. The lowest BCUT2D eigenvalue weighted by Gasteiger charge is -2.26. The fourth-order valence-corrected chi connectivity index (χ4v) is 1.17. The van der Waals surface area contributed by atoms with E-state index in [1.54, 1.807) is 0 Å². The molecule has 1 rings (SSSR count). The number of carboxylic acids is 1. The zero-order valence-corrected chi connectivity index (χ0v) is 10.2. The van der Waals surface area contributed by atoms with Crippen molar-refractivity contribution in [1.82, 2.24) is 0 Å². The summed E-state index contributed by atoms with van der Waals surface area (Å²) >= 11 is 0. The van der Waals surface area contributed by atoms with Gasteiger partial charge in [-0.1, -0.05) is 0 Å².